The molecule has 0 saturated heterocycles. The number of rotatable bonds is 3. The average molecular weight is 308 g/mol. The topological polar surface area (TPSA) is 66.4 Å². The second-order valence-electron chi connectivity index (χ2n) is 4.39. The van der Waals surface area contributed by atoms with E-state index < -0.39 is 17.7 Å². The van der Waals surface area contributed by atoms with Gasteiger partial charge in [-0.15, -0.1) is 0 Å². The van der Waals surface area contributed by atoms with Gasteiger partial charge >= 0.3 is 5.97 Å². The number of amides is 1. The second-order valence-corrected chi connectivity index (χ2v) is 4.77. The molecule has 1 amide bonds. The molecule has 0 aliphatic rings. The van der Waals surface area contributed by atoms with Gasteiger partial charge in [0, 0.05) is 5.69 Å². The van der Waals surface area contributed by atoms with Crippen molar-refractivity contribution in [2.45, 2.75) is 6.92 Å². The first-order valence-corrected chi connectivity index (χ1v) is 6.37. The van der Waals surface area contributed by atoms with Gasteiger partial charge in [0.2, 0.25) is 0 Å². The van der Waals surface area contributed by atoms with Crippen LogP contribution in [0.2, 0.25) is 5.02 Å². The van der Waals surface area contributed by atoms with Gasteiger partial charge in [0.25, 0.3) is 5.91 Å². The Morgan fingerprint density at radius 1 is 1.24 bits per heavy atom. The minimum atomic E-state index is -1.05. The van der Waals surface area contributed by atoms with E-state index in [0.29, 0.717) is 11.3 Å². The van der Waals surface area contributed by atoms with E-state index in [1.165, 1.54) is 30.3 Å². The molecule has 0 atom stereocenters. The van der Waals surface area contributed by atoms with Crippen LogP contribution < -0.4 is 5.32 Å². The van der Waals surface area contributed by atoms with Crippen LogP contribution in [0.15, 0.2) is 36.4 Å². The molecule has 0 spiro atoms. The predicted molar refractivity (Wildman–Crippen MR) is 77.5 cm³/mol. The van der Waals surface area contributed by atoms with Crippen molar-refractivity contribution in [1.82, 2.24) is 0 Å². The summed E-state index contributed by atoms with van der Waals surface area (Å²) in [5, 5.41) is 11.2. The van der Waals surface area contributed by atoms with Crippen LogP contribution in [-0.4, -0.2) is 17.0 Å². The lowest BCUT2D eigenvalue weighted by Crippen LogP contribution is -2.14. The van der Waals surface area contributed by atoms with Gasteiger partial charge in [-0.1, -0.05) is 17.7 Å². The molecule has 0 bridgehead atoms. The fourth-order valence-corrected chi connectivity index (χ4v) is 2.02. The molecule has 0 unspecified atom stereocenters. The van der Waals surface area contributed by atoms with E-state index in [4.69, 9.17) is 16.7 Å². The highest BCUT2D eigenvalue weighted by molar-refractivity contribution is 6.34. The number of aromatic carboxylic acids is 1. The molecular weight excluding hydrogens is 297 g/mol. The van der Waals surface area contributed by atoms with Gasteiger partial charge in [0.15, 0.2) is 0 Å². The summed E-state index contributed by atoms with van der Waals surface area (Å²) in [6, 6.07) is 8.23. The summed E-state index contributed by atoms with van der Waals surface area (Å²) in [5.41, 5.74) is 1.15. The third-order valence-corrected chi connectivity index (χ3v) is 3.30. The Morgan fingerprint density at radius 2 is 1.95 bits per heavy atom. The van der Waals surface area contributed by atoms with Gasteiger partial charge < -0.3 is 10.4 Å². The number of carbonyl (C=O) groups excluding carboxylic acids is 1. The van der Waals surface area contributed by atoms with Gasteiger partial charge in [-0.3, -0.25) is 4.79 Å². The van der Waals surface area contributed by atoms with Crippen LogP contribution in [0.4, 0.5) is 10.1 Å². The number of aryl methyl sites for hydroxylation is 1. The average Bonchev–Trinajstić information content (AvgIpc) is 2.43. The molecule has 0 fully saturated rings. The van der Waals surface area contributed by atoms with E-state index in [-0.39, 0.29) is 16.1 Å². The summed E-state index contributed by atoms with van der Waals surface area (Å²) in [6.07, 6.45) is 0. The van der Waals surface area contributed by atoms with Crippen molar-refractivity contribution in [2.24, 2.45) is 0 Å². The number of carboxylic acids is 1. The Balaban J connectivity index is 2.28. The number of hydrogen-bond donors (Lipinski definition) is 2. The van der Waals surface area contributed by atoms with Crippen molar-refractivity contribution in [3.63, 3.8) is 0 Å². The lowest BCUT2D eigenvalue weighted by atomic mass is 10.1. The van der Waals surface area contributed by atoms with Crippen LogP contribution in [0.3, 0.4) is 0 Å². The second kappa shape index (κ2) is 5.93. The SMILES string of the molecule is Cc1cc(C(=O)O)ccc1NC(=O)c1cccc(F)c1Cl. The highest BCUT2D eigenvalue weighted by Crippen LogP contribution is 2.22. The Morgan fingerprint density at radius 3 is 2.57 bits per heavy atom. The Kier molecular flexibility index (Phi) is 4.23. The first kappa shape index (κ1) is 15.0. The summed E-state index contributed by atoms with van der Waals surface area (Å²) >= 11 is 5.75. The molecule has 2 aromatic carbocycles. The number of benzene rings is 2. The molecule has 2 rings (SSSR count). The number of carboxylic acid groups (broad SMARTS) is 1. The zero-order chi connectivity index (χ0) is 15.6. The number of nitrogens with one attached hydrogen (secondary N) is 1. The molecule has 0 aliphatic carbocycles. The fourth-order valence-electron chi connectivity index (χ4n) is 1.81. The highest BCUT2D eigenvalue weighted by Gasteiger charge is 2.15. The Labute approximate surface area is 125 Å². The molecule has 2 N–H and O–H groups in total. The maximum atomic E-state index is 13.3. The molecular formula is C15H11ClFNO3. The summed E-state index contributed by atoms with van der Waals surface area (Å²) in [4.78, 5) is 22.9. The van der Waals surface area contributed by atoms with Crippen LogP contribution in [0.5, 0.6) is 0 Å². The van der Waals surface area contributed by atoms with Crippen LogP contribution in [0.25, 0.3) is 0 Å². The van der Waals surface area contributed by atoms with Crippen LogP contribution >= 0.6 is 11.6 Å². The van der Waals surface area contributed by atoms with E-state index in [2.05, 4.69) is 5.32 Å². The Hall–Kier alpha value is -2.40. The van der Waals surface area contributed by atoms with Crippen molar-refractivity contribution < 1.29 is 19.1 Å². The Bertz CT molecular complexity index is 731. The molecule has 2 aromatic rings. The number of hydrogen-bond acceptors (Lipinski definition) is 2. The van der Waals surface area contributed by atoms with Crippen LogP contribution in [0.1, 0.15) is 26.3 Å². The van der Waals surface area contributed by atoms with Gasteiger partial charge in [0.1, 0.15) is 5.82 Å². The maximum absolute atomic E-state index is 13.3. The first-order valence-electron chi connectivity index (χ1n) is 5.99. The van der Waals surface area contributed by atoms with E-state index in [0.717, 1.165) is 6.07 Å². The van der Waals surface area contributed by atoms with E-state index >= 15 is 0 Å². The summed E-state index contributed by atoms with van der Waals surface area (Å²) in [5.74, 6) is -2.29. The molecule has 0 heterocycles. The van der Waals surface area contributed by atoms with E-state index in [1.807, 2.05) is 0 Å². The van der Waals surface area contributed by atoms with E-state index in [9.17, 15) is 14.0 Å². The van der Waals surface area contributed by atoms with Gasteiger partial charge in [-0.05, 0) is 42.8 Å². The molecule has 21 heavy (non-hydrogen) atoms. The molecule has 0 radical (unpaired) electrons. The van der Waals surface area contributed by atoms with Crippen molar-refractivity contribution in [3.8, 4) is 0 Å². The van der Waals surface area contributed by atoms with Crippen LogP contribution in [0, 0.1) is 12.7 Å². The summed E-state index contributed by atoms with van der Waals surface area (Å²) in [7, 11) is 0. The largest absolute Gasteiger partial charge is 0.478 e. The van der Waals surface area contributed by atoms with Crippen molar-refractivity contribution in [1.29, 1.82) is 0 Å². The van der Waals surface area contributed by atoms with Crippen molar-refractivity contribution in [2.75, 3.05) is 5.32 Å². The van der Waals surface area contributed by atoms with Crippen LogP contribution in [-0.2, 0) is 0 Å². The first-order chi connectivity index (χ1) is 9.90. The lowest BCUT2D eigenvalue weighted by Gasteiger charge is -2.10. The number of halogens is 2. The van der Waals surface area contributed by atoms with Crippen molar-refractivity contribution in [3.05, 3.63) is 63.9 Å². The smallest absolute Gasteiger partial charge is 0.335 e. The quantitative estimate of drug-likeness (QED) is 0.907. The molecule has 4 nitrogen and oxygen atoms in total. The molecule has 0 aromatic heterocycles. The zero-order valence-corrected chi connectivity index (χ0v) is 11.7. The van der Waals surface area contributed by atoms with Gasteiger partial charge in [-0.2, -0.15) is 0 Å². The third kappa shape index (κ3) is 3.20. The predicted octanol–water partition coefficient (Wildman–Crippen LogP) is 3.74. The molecule has 0 saturated carbocycles. The van der Waals surface area contributed by atoms with Gasteiger partial charge in [-0.25, -0.2) is 9.18 Å². The summed E-state index contributed by atoms with van der Waals surface area (Å²) in [6.45, 7) is 1.66. The maximum Gasteiger partial charge on any atom is 0.335 e. The van der Waals surface area contributed by atoms with Gasteiger partial charge in [0.05, 0.1) is 16.1 Å². The monoisotopic (exact) mass is 307 g/mol. The standard InChI is InChI=1S/C15H11ClFNO3/c1-8-7-9(15(20)21)5-6-12(8)18-14(19)10-3-2-4-11(17)13(10)16/h2-7H,1H3,(H,18,19)(H,20,21). The molecule has 108 valence electrons. The summed E-state index contributed by atoms with van der Waals surface area (Å²) < 4.78 is 13.3. The zero-order valence-electron chi connectivity index (χ0n) is 11.0. The third-order valence-electron chi connectivity index (χ3n) is 2.92. The minimum absolute atomic E-state index is 0.0124. The number of carbonyl (C=O) groups is 2. The lowest BCUT2D eigenvalue weighted by molar-refractivity contribution is 0.0696. The normalized spacial score (nSPS) is 10.2. The molecule has 6 heteroatoms. The highest BCUT2D eigenvalue weighted by atomic mass is 35.5. The minimum Gasteiger partial charge on any atom is -0.478 e. The van der Waals surface area contributed by atoms with Crippen molar-refractivity contribution >= 4 is 29.2 Å². The fraction of sp³-hybridized carbons (Fsp3) is 0.0667. The van der Waals surface area contributed by atoms with E-state index in [1.54, 1.807) is 6.92 Å². The number of anilines is 1. The molecule has 0 aliphatic heterocycles.